The molecule has 0 spiro atoms. The molecule has 2 heterocycles. The number of carbonyl (C=O) groups excluding carboxylic acids is 1. The summed E-state index contributed by atoms with van der Waals surface area (Å²) < 4.78 is 10.3. The van der Waals surface area contributed by atoms with E-state index in [1.165, 1.54) is 7.11 Å². The van der Waals surface area contributed by atoms with Crippen molar-refractivity contribution < 1.29 is 14.3 Å². The molecule has 1 atom stereocenters. The molecule has 1 aliphatic heterocycles. The van der Waals surface area contributed by atoms with Gasteiger partial charge in [-0.1, -0.05) is 0 Å². The number of rotatable bonds is 4. The van der Waals surface area contributed by atoms with Crippen molar-refractivity contribution in [3.63, 3.8) is 0 Å². The summed E-state index contributed by atoms with van der Waals surface area (Å²) in [6, 6.07) is -0.270. The molecular formula is C13H19N3O3. The molecule has 0 aliphatic carbocycles. The highest BCUT2D eigenvalue weighted by atomic mass is 16.5. The van der Waals surface area contributed by atoms with Gasteiger partial charge in [-0.2, -0.15) is 4.98 Å². The van der Waals surface area contributed by atoms with Crippen LogP contribution >= 0.6 is 0 Å². The molecule has 19 heavy (non-hydrogen) atoms. The SMILES string of the molecule is COC(=O)C1CCCN1c1cncc(OC(C)C)n1. The molecule has 104 valence electrons. The zero-order valence-corrected chi connectivity index (χ0v) is 11.5. The molecule has 0 aromatic carbocycles. The van der Waals surface area contributed by atoms with Gasteiger partial charge in [0, 0.05) is 6.54 Å². The normalized spacial score (nSPS) is 18.7. The fourth-order valence-corrected chi connectivity index (χ4v) is 2.20. The van der Waals surface area contributed by atoms with Crippen LogP contribution in [0.2, 0.25) is 0 Å². The van der Waals surface area contributed by atoms with E-state index in [-0.39, 0.29) is 18.1 Å². The van der Waals surface area contributed by atoms with Gasteiger partial charge in [-0.05, 0) is 26.7 Å². The van der Waals surface area contributed by atoms with E-state index in [9.17, 15) is 4.79 Å². The minimum absolute atomic E-state index is 0.0412. The van der Waals surface area contributed by atoms with E-state index >= 15 is 0 Å². The van der Waals surface area contributed by atoms with Gasteiger partial charge in [0.05, 0.1) is 25.6 Å². The maximum Gasteiger partial charge on any atom is 0.328 e. The van der Waals surface area contributed by atoms with Gasteiger partial charge >= 0.3 is 5.97 Å². The van der Waals surface area contributed by atoms with Crippen molar-refractivity contribution in [1.82, 2.24) is 9.97 Å². The maximum atomic E-state index is 11.7. The summed E-state index contributed by atoms with van der Waals surface area (Å²) in [6.45, 7) is 4.64. The summed E-state index contributed by atoms with van der Waals surface area (Å²) in [5.74, 6) is 0.906. The largest absolute Gasteiger partial charge is 0.474 e. The molecule has 6 nitrogen and oxygen atoms in total. The molecule has 2 rings (SSSR count). The standard InChI is InChI=1S/C13H19N3O3/c1-9(2)19-12-8-14-7-11(15-12)16-6-4-5-10(16)13(17)18-3/h7-10H,4-6H2,1-3H3. The van der Waals surface area contributed by atoms with Gasteiger partial charge in [0.25, 0.3) is 0 Å². The number of aromatic nitrogens is 2. The van der Waals surface area contributed by atoms with Crippen molar-refractivity contribution in [2.75, 3.05) is 18.6 Å². The van der Waals surface area contributed by atoms with Crippen LogP contribution in [0, 0.1) is 0 Å². The number of hydrogen-bond donors (Lipinski definition) is 0. The quantitative estimate of drug-likeness (QED) is 0.767. The molecule has 0 N–H and O–H groups in total. The molecule has 1 saturated heterocycles. The zero-order chi connectivity index (χ0) is 13.8. The second-order valence-corrected chi connectivity index (χ2v) is 4.76. The first kappa shape index (κ1) is 13.6. The van der Waals surface area contributed by atoms with Gasteiger partial charge in [-0.3, -0.25) is 4.98 Å². The Kier molecular flexibility index (Phi) is 4.19. The molecule has 6 heteroatoms. The topological polar surface area (TPSA) is 64.5 Å². The van der Waals surface area contributed by atoms with E-state index in [0.717, 1.165) is 19.4 Å². The molecule has 0 amide bonds. The fraction of sp³-hybridized carbons (Fsp3) is 0.615. The van der Waals surface area contributed by atoms with Crippen LogP contribution in [-0.4, -0.2) is 41.7 Å². The zero-order valence-electron chi connectivity index (χ0n) is 11.5. The van der Waals surface area contributed by atoms with Crippen molar-refractivity contribution in [2.24, 2.45) is 0 Å². The highest BCUT2D eigenvalue weighted by Gasteiger charge is 2.32. The number of methoxy groups -OCH3 is 1. The molecule has 1 fully saturated rings. The lowest BCUT2D eigenvalue weighted by Crippen LogP contribution is -2.37. The number of hydrogen-bond acceptors (Lipinski definition) is 6. The number of ether oxygens (including phenoxy) is 2. The number of anilines is 1. The summed E-state index contributed by atoms with van der Waals surface area (Å²) in [5, 5.41) is 0. The maximum absolute atomic E-state index is 11.7. The molecule has 0 bridgehead atoms. The van der Waals surface area contributed by atoms with E-state index in [1.54, 1.807) is 12.4 Å². The van der Waals surface area contributed by atoms with Gasteiger partial charge in [0.1, 0.15) is 6.04 Å². The summed E-state index contributed by atoms with van der Waals surface area (Å²) in [5.41, 5.74) is 0. The van der Waals surface area contributed by atoms with Crippen molar-refractivity contribution in [3.8, 4) is 5.88 Å². The first-order valence-corrected chi connectivity index (χ1v) is 6.45. The predicted molar refractivity (Wildman–Crippen MR) is 70.2 cm³/mol. The van der Waals surface area contributed by atoms with Crippen LogP contribution in [-0.2, 0) is 9.53 Å². The Labute approximate surface area is 112 Å². The highest BCUT2D eigenvalue weighted by Crippen LogP contribution is 2.25. The molecule has 1 unspecified atom stereocenters. The Hall–Kier alpha value is -1.85. The minimum atomic E-state index is -0.270. The first-order chi connectivity index (χ1) is 9.11. The number of esters is 1. The van der Waals surface area contributed by atoms with Crippen LogP contribution in [0.3, 0.4) is 0 Å². The third-order valence-corrected chi connectivity index (χ3v) is 2.98. The molecule has 1 aromatic rings. The van der Waals surface area contributed by atoms with E-state index in [1.807, 2.05) is 18.7 Å². The lowest BCUT2D eigenvalue weighted by atomic mass is 10.2. The van der Waals surface area contributed by atoms with E-state index in [2.05, 4.69) is 9.97 Å². The highest BCUT2D eigenvalue weighted by molar-refractivity contribution is 5.80. The average molecular weight is 265 g/mol. The molecule has 0 radical (unpaired) electrons. The Bertz CT molecular complexity index is 451. The van der Waals surface area contributed by atoms with Crippen molar-refractivity contribution in [1.29, 1.82) is 0 Å². The molecular weight excluding hydrogens is 246 g/mol. The van der Waals surface area contributed by atoms with E-state index in [4.69, 9.17) is 9.47 Å². The Morgan fingerprint density at radius 1 is 1.47 bits per heavy atom. The fourth-order valence-electron chi connectivity index (χ4n) is 2.20. The minimum Gasteiger partial charge on any atom is -0.474 e. The van der Waals surface area contributed by atoms with Crippen LogP contribution in [0.15, 0.2) is 12.4 Å². The third kappa shape index (κ3) is 3.13. The van der Waals surface area contributed by atoms with Crippen molar-refractivity contribution >= 4 is 11.8 Å². The van der Waals surface area contributed by atoms with E-state index < -0.39 is 0 Å². The Morgan fingerprint density at radius 3 is 2.95 bits per heavy atom. The van der Waals surface area contributed by atoms with Gasteiger partial charge in [0.15, 0.2) is 5.82 Å². The second kappa shape index (κ2) is 5.86. The molecule has 1 aliphatic rings. The second-order valence-electron chi connectivity index (χ2n) is 4.76. The number of carbonyl (C=O) groups is 1. The first-order valence-electron chi connectivity index (χ1n) is 6.45. The summed E-state index contributed by atoms with van der Waals surface area (Å²) >= 11 is 0. The summed E-state index contributed by atoms with van der Waals surface area (Å²) in [4.78, 5) is 22.2. The van der Waals surface area contributed by atoms with Gasteiger partial charge in [0.2, 0.25) is 5.88 Å². The monoisotopic (exact) mass is 265 g/mol. The van der Waals surface area contributed by atoms with Crippen molar-refractivity contribution in [3.05, 3.63) is 12.4 Å². The van der Waals surface area contributed by atoms with Crippen molar-refractivity contribution in [2.45, 2.75) is 38.8 Å². The lowest BCUT2D eigenvalue weighted by molar-refractivity contribution is -0.141. The van der Waals surface area contributed by atoms with Crippen LogP contribution in [0.25, 0.3) is 0 Å². The van der Waals surface area contributed by atoms with Gasteiger partial charge < -0.3 is 14.4 Å². The van der Waals surface area contributed by atoms with Gasteiger partial charge in [-0.15, -0.1) is 0 Å². The van der Waals surface area contributed by atoms with Gasteiger partial charge in [-0.25, -0.2) is 4.79 Å². The Morgan fingerprint density at radius 2 is 2.26 bits per heavy atom. The van der Waals surface area contributed by atoms with Crippen LogP contribution < -0.4 is 9.64 Å². The summed E-state index contributed by atoms with van der Waals surface area (Å²) in [6.07, 6.45) is 4.99. The molecule has 0 saturated carbocycles. The molecule has 1 aromatic heterocycles. The third-order valence-electron chi connectivity index (χ3n) is 2.98. The van der Waals surface area contributed by atoms with Crippen LogP contribution in [0.4, 0.5) is 5.82 Å². The van der Waals surface area contributed by atoms with E-state index in [0.29, 0.717) is 11.7 Å². The Balaban J connectivity index is 2.18. The predicted octanol–water partition coefficient (Wildman–Crippen LogP) is 1.41. The smallest absolute Gasteiger partial charge is 0.328 e. The average Bonchev–Trinajstić information content (AvgIpc) is 2.86. The lowest BCUT2D eigenvalue weighted by Gasteiger charge is -2.23. The van der Waals surface area contributed by atoms with Crippen LogP contribution in [0.5, 0.6) is 5.88 Å². The van der Waals surface area contributed by atoms with Crippen LogP contribution in [0.1, 0.15) is 26.7 Å². The number of nitrogens with zero attached hydrogens (tertiary/aromatic N) is 3. The summed E-state index contributed by atoms with van der Waals surface area (Å²) in [7, 11) is 1.41.